The van der Waals surface area contributed by atoms with Crippen LogP contribution in [0.3, 0.4) is 0 Å². The van der Waals surface area contributed by atoms with Crippen LogP contribution in [0.2, 0.25) is 0 Å². The standard InChI is InChI=1S/C16H12FN3O2S/c17-12-7-5-11(6-8-12)9-18-20-15(21)10-23-16-19-13-3-1-2-4-14(13)22-16/h1-9H,10H2,(H,20,21)/b18-9-. The maximum atomic E-state index is 12.7. The van der Waals surface area contributed by atoms with Gasteiger partial charge in [-0.15, -0.1) is 0 Å². The number of nitrogens with one attached hydrogen (secondary N) is 1. The summed E-state index contributed by atoms with van der Waals surface area (Å²) >= 11 is 1.19. The minimum Gasteiger partial charge on any atom is -0.431 e. The van der Waals surface area contributed by atoms with Crippen molar-refractivity contribution in [2.24, 2.45) is 5.10 Å². The average molecular weight is 329 g/mol. The number of halogens is 1. The summed E-state index contributed by atoms with van der Waals surface area (Å²) in [6, 6.07) is 13.2. The van der Waals surface area contributed by atoms with E-state index < -0.39 is 0 Å². The van der Waals surface area contributed by atoms with Crippen molar-refractivity contribution >= 4 is 35.0 Å². The third-order valence-corrected chi connectivity index (χ3v) is 3.70. The van der Waals surface area contributed by atoms with Gasteiger partial charge in [0.25, 0.3) is 11.1 Å². The Balaban J connectivity index is 1.50. The molecular weight excluding hydrogens is 317 g/mol. The number of oxazole rings is 1. The highest BCUT2D eigenvalue weighted by Gasteiger charge is 2.08. The van der Waals surface area contributed by atoms with Crippen molar-refractivity contribution < 1.29 is 13.6 Å². The van der Waals surface area contributed by atoms with Crippen LogP contribution >= 0.6 is 11.8 Å². The van der Waals surface area contributed by atoms with E-state index >= 15 is 0 Å². The lowest BCUT2D eigenvalue weighted by Gasteiger charge is -1.97. The van der Waals surface area contributed by atoms with Crippen molar-refractivity contribution in [3.05, 3.63) is 59.9 Å². The molecule has 1 amide bonds. The van der Waals surface area contributed by atoms with Crippen molar-refractivity contribution in [1.29, 1.82) is 0 Å². The maximum absolute atomic E-state index is 12.7. The first-order valence-corrected chi connectivity index (χ1v) is 7.75. The Hall–Kier alpha value is -2.67. The van der Waals surface area contributed by atoms with Gasteiger partial charge in [-0.05, 0) is 29.8 Å². The number of aromatic nitrogens is 1. The second-order valence-electron chi connectivity index (χ2n) is 4.58. The van der Waals surface area contributed by atoms with Crippen molar-refractivity contribution in [2.75, 3.05) is 5.75 Å². The topological polar surface area (TPSA) is 67.5 Å². The molecule has 1 N–H and O–H groups in total. The maximum Gasteiger partial charge on any atom is 0.257 e. The van der Waals surface area contributed by atoms with Crippen LogP contribution in [-0.4, -0.2) is 22.9 Å². The Morgan fingerprint density at radius 3 is 2.83 bits per heavy atom. The first-order valence-electron chi connectivity index (χ1n) is 6.76. The van der Waals surface area contributed by atoms with Crippen LogP contribution in [0.25, 0.3) is 11.1 Å². The number of para-hydroxylation sites is 2. The number of nitrogens with zero attached hydrogens (tertiary/aromatic N) is 2. The van der Waals surface area contributed by atoms with Crippen molar-refractivity contribution in [3.63, 3.8) is 0 Å². The van der Waals surface area contributed by atoms with Crippen LogP contribution in [0, 0.1) is 5.82 Å². The SMILES string of the molecule is O=C(CSc1nc2ccccc2o1)N/N=C\c1ccc(F)cc1. The molecule has 0 aliphatic heterocycles. The molecule has 3 rings (SSSR count). The zero-order chi connectivity index (χ0) is 16.1. The number of hydrazone groups is 1. The third kappa shape index (κ3) is 4.17. The van der Waals surface area contributed by atoms with E-state index in [1.807, 2.05) is 24.3 Å². The number of fused-ring (bicyclic) bond motifs is 1. The number of carbonyl (C=O) groups excluding carboxylic acids is 1. The summed E-state index contributed by atoms with van der Waals surface area (Å²) in [5, 5.41) is 4.25. The van der Waals surface area contributed by atoms with Gasteiger partial charge in [-0.1, -0.05) is 36.0 Å². The number of benzene rings is 2. The minimum atomic E-state index is -0.319. The van der Waals surface area contributed by atoms with Crippen LogP contribution < -0.4 is 5.43 Å². The van der Waals surface area contributed by atoms with Gasteiger partial charge in [-0.3, -0.25) is 4.79 Å². The van der Waals surface area contributed by atoms with Gasteiger partial charge in [0.15, 0.2) is 5.58 Å². The van der Waals surface area contributed by atoms with E-state index in [0.717, 1.165) is 5.52 Å². The predicted octanol–water partition coefficient (Wildman–Crippen LogP) is 3.21. The van der Waals surface area contributed by atoms with Gasteiger partial charge in [-0.2, -0.15) is 5.10 Å². The molecular formula is C16H12FN3O2S. The number of carbonyl (C=O) groups is 1. The van der Waals surface area contributed by atoms with Gasteiger partial charge >= 0.3 is 0 Å². The molecule has 116 valence electrons. The predicted molar refractivity (Wildman–Crippen MR) is 86.9 cm³/mol. The van der Waals surface area contributed by atoms with Crippen molar-refractivity contribution in [2.45, 2.75) is 5.22 Å². The third-order valence-electron chi connectivity index (χ3n) is 2.87. The van der Waals surface area contributed by atoms with Gasteiger partial charge in [0, 0.05) is 0 Å². The van der Waals surface area contributed by atoms with E-state index in [1.165, 1.54) is 30.1 Å². The summed E-state index contributed by atoms with van der Waals surface area (Å²) in [6.07, 6.45) is 1.45. The molecule has 7 heteroatoms. The number of hydrogen-bond acceptors (Lipinski definition) is 5. The van der Waals surface area contributed by atoms with Crippen molar-refractivity contribution in [3.8, 4) is 0 Å². The molecule has 3 aromatic rings. The Kier molecular flexibility index (Phi) is 4.68. The monoisotopic (exact) mass is 329 g/mol. The van der Waals surface area contributed by atoms with Crippen LogP contribution in [-0.2, 0) is 4.79 Å². The first-order chi connectivity index (χ1) is 11.2. The highest BCUT2D eigenvalue weighted by atomic mass is 32.2. The van der Waals surface area contributed by atoms with Gasteiger partial charge in [-0.25, -0.2) is 14.8 Å². The van der Waals surface area contributed by atoms with Crippen LogP contribution in [0.5, 0.6) is 0 Å². The van der Waals surface area contributed by atoms with Crippen molar-refractivity contribution in [1.82, 2.24) is 10.4 Å². The molecule has 0 radical (unpaired) electrons. The lowest BCUT2D eigenvalue weighted by atomic mass is 10.2. The Morgan fingerprint density at radius 2 is 2.04 bits per heavy atom. The molecule has 5 nitrogen and oxygen atoms in total. The van der Waals surface area contributed by atoms with Crippen LogP contribution in [0.4, 0.5) is 4.39 Å². The molecule has 0 bridgehead atoms. The molecule has 0 aliphatic carbocycles. The molecule has 0 aliphatic rings. The molecule has 23 heavy (non-hydrogen) atoms. The zero-order valence-corrected chi connectivity index (χ0v) is 12.7. The summed E-state index contributed by atoms with van der Waals surface area (Å²) < 4.78 is 18.2. The Morgan fingerprint density at radius 1 is 1.26 bits per heavy atom. The molecule has 0 unspecified atom stereocenters. The fourth-order valence-corrected chi connectivity index (χ4v) is 2.43. The van der Waals surface area contributed by atoms with Crippen LogP contribution in [0.15, 0.2) is 63.3 Å². The van der Waals surface area contributed by atoms with E-state index in [9.17, 15) is 9.18 Å². The zero-order valence-electron chi connectivity index (χ0n) is 11.9. The molecule has 0 saturated heterocycles. The lowest BCUT2D eigenvalue weighted by molar-refractivity contribution is -0.118. The van der Waals surface area contributed by atoms with Gasteiger partial charge in [0.1, 0.15) is 11.3 Å². The molecule has 0 spiro atoms. The van der Waals surface area contributed by atoms with Gasteiger partial charge < -0.3 is 4.42 Å². The molecule has 0 atom stereocenters. The van der Waals surface area contributed by atoms with Gasteiger partial charge in [0.05, 0.1) is 12.0 Å². The summed E-state index contributed by atoms with van der Waals surface area (Å²) in [6.45, 7) is 0. The highest BCUT2D eigenvalue weighted by Crippen LogP contribution is 2.22. The Bertz CT molecular complexity index is 813. The van der Waals surface area contributed by atoms with E-state index in [1.54, 1.807) is 12.1 Å². The molecule has 0 fully saturated rings. The normalized spacial score (nSPS) is 11.2. The van der Waals surface area contributed by atoms with E-state index in [-0.39, 0.29) is 17.5 Å². The summed E-state index contributed by atoms with van der Waals surface area (Å²) in [5.74, 6) is -0.468. The second kappa shape index (κ2) is 7.06. The summed E-state index contributed by atoms with van der Waals surface area (Å²) in [5.41, 5.74) is 4.53. The fourth-order valence-electron chi connectivity index (χ4n) is 1.80. The Labute approximate surface area is 135 Å². The average Bonchev–Trinajstić information content (AvgIpc) is 2.98. The number of thioether (sulfide) groups is 1. The number of rotatable bonds is 5. The summed E-state index contributed by atoms with van der Waals surface area (Å²) in [7, 11) is 0. The quantitative estimate of drug-likeness (QED) is 0.443. The van der Waals surface area contributed by atoms with E-state index in [0.29, 0.717) is 16.4 Å². The van der Waals surface area contributed by atoms with Crippen LogP contribution in [0.1, 0.15) is 5.56 Å². The molecule has 1 aromatic heterocycles. The fraction of sp³-hybridized carbons (Fsp3) is 0.0625. The van der Waals surface area contributed by atoms with E-state index in [2.05, 4.69) is 15.5 Å². The second-order valence-corrected chi connectivity index (χ2v) is 5.51. The molecule has 0 saturated carbocycles. The highest BCUT2D eigenvalue weighted by molar-refractivity contribution is 7.99. The van der Waals surface area contributed by atoms with E-state index in [4.69, 9.17) is 4.42 Å². The first kappa shape index (κ1) is 15.2. The number of hydrogen-bond donors (Lipinski definition) is 1. The van der Waals surface area contributed by atoms with Gasteiger partial charge in [0.2, 0.25) is 0 Å². The smallest absolute Gasteiger partial charge is 0.257 e. The summed E-state index contributed by atoms with van der Waals surface area (Å²) in [4.78, 5) is 16.0. The molecule has 2 aromatic carbocycles. The number of amides is 1. The minimum absolute atomic E-state index is 0.133. The molecule has 1 heterocycles. The largest absolute Gasteiger partial charge is 0.431 e. The lowest BCUT2D eigenvalue weighted by Crippen LogP contribution is -2.19.